The predicted octanol–water partition coefficient (Wildman–Crippen LogP) is -0.657. The van der Waals surface area contributed by atoms with Crippen molar-refractivity contribution in [1.29, 1.82) is 0 Å². The van der Waals surface area contributed by atoms with Crippen molar-refractivity contribution in [3.05, 3.63) is 0 Å². The minimum absolute atomic E-state index is 0.0285. The van der Waals surface area contributed by atoms with E-state index < -0.39 is 5.60 Å². The highest BCUT2D eigenvalue weighted by atomic mass is 28.2. The van der Waals surface area contributed by atoms with Crippen LogP contribution in [0.3, 0.4) is 0 Å². The van der Waals surface area contributed by atoms with Crippen molar-refractivity contribution in [2.75, 3.05) is 0 Å². The molecule has 0 bridgehead atoms. The maximum Gasteiger partial charge on any atom is 0.153 e. The molecule has 0 N–H and O–H groups in total. The molecule has 0 radical (unpaired) electrons. The maximum atomic E-state index is 11.2. The first-order valence-electron chi connectivity index (χ1n) is 5.45. The lowest BCUT2D eigenvalue weighted by molar-refractivity contribution is -0.129. The Bertz CT molecular complexity index is 239. The first kappa shape index (κ1) is 13.1. The molecule has 3 nitrogen and oxygen atoms in total. The lowest BCUT2D eigenvalue weighted by Crippen LogP contribution is -2.47. The van der Waals surface area contributed by atoms with Gasteiger partial charge in [-0.2, -0.15) is 0 Å². The van der Waals surface area contributed by atoms with E-state index in [0.717, 1.165) is 19.1 Å². The summed E-state index contributed by atoms with van der Waals surface area (Å²) in [5, 5.41) is 0. The number of carbonyl (C=O) groups excluding carboxylic acids is 1. The van der Waals surface area contributed by atoms with Gasteiger partial charge in [0, 0.05) is 0 Å². The molecule has 1 aliphatic carbocycles. The van der Waals surface area contributed by atoms with Crippen LogP contribution in [0.15, 0.2) is 0 Å². The second kappa shape index (κ2) is 4.49. The molecule has 0 aliphatic heterocycles. The number of hydrogen-bond donors (Lipinski definition) is 0. The van der Waals surface area contributed by atoms with Crippen LogP contribution in [0.2, 0.25) is 0 Å². The van der Waals surface area contributed by atoms with Crippen LogP contribution in [0.1, 0.15) is 33.6 Å². The molecule has 0 amide bonds. The summed E-state index contributed by atoms with van der Waals surface area (Å²) in [6.07, 6.45) is 2.78. The van der Waals surface area contributed by atoms with Crippen LogP contribution in [-0.4, -0.2) is 39.0 Å². The number of rotatable bonds is 3. The lowest BCUT2D eigenvalue weighted by Gasteiger charge is -2.37. The van der Waals surface area contributed by atoms with Gasteiger partial charge in [0.25, 0.3) is 0 Å². The molecular formula is C10H22O3Si2. The van der Waals surface area contributed by atoms with Gasteiger partial charge in [0.2, 0.25) is 0 Å². The largest absolute Gasteiger partial charge is 0.421 e. The lowest BCUT2D eigenvalue weighted by atomic mass is 9.77. The van der Waals surface area contributed by atoms with Crippen molar-refractivity contribution in [2.45, 2.75) is 45.3 Å². The molecule has 1 rings (SSSR count). The highest BCUT2D eigenvalue weighted by molar-refractivity contribution is 6.00. The Morgan fingerprint density at radius 1 is 1.40 bits per heavy atom. The van der Waals surface area contributed by atoms with Crippen molar-refractivity contribution < 1.29 is 13.6 Å². The SMILES string of the molecule is CC(C)(C)C1CCC(C=O)(O[SiH3])C1O[SiH3]. The fourth-order valence-electron chi connectivity index (χ4n) is 2.66. The van der Waals surface area contributed by atoms with Crippen molar-refractivity contribution >= 4 is 27.3 Å². The highest BCUT2D eigenvalue weighted by Gasteiger charge is 2.52. The Hall–Kier alpha value is 0.0238. The highest BCUT2D eigenvalue weighted by Crippen LogP contribution is 2.46. The average molecular weight is 246 g/mol. The second-order valence-electron chi connectivity index (χ2n) is 5.44. The summed E-state index contributed by atoms with van der Waals surface area (Å²) in [5.41, 5.74) is -0.453. The molecule has 0 aromatic rings. The topological polar surface area (TPSA) is 35.5 Å². The molecule has 0 spiro atoms. The van der Waals surface area contributed by atoms with Gasteiger partial charge in [-0.05, 0) is 24.2 Å². The molecule has 1 fully saturated rings. The van der Waals surface area contributed by atoms with Gasteiger partial charge in [0.05, 0.1) is 6.10 Å². The minimum atomic E-state index is -0.633. The van der Waals surface area contributed by atoms with Crippen LogP contribution >= 0.6 is 0 Å². The van der Waals surface area contributed by atoms with Crippen LogP contribution in [0.4, 0.5) is 0 Å². The quantitative estimate of drug-likeness (QED) is 0.490. The predicted molar refractivity (Wildman–Crippen MR) is 66.8 cm³/mol. The van der Waals surface area contributed by atoms with E-state index in [0.29, 0.717) is 26.9 Å². The van der Waals surface area contributed by atoms with Gasteiger partial charge < -0.3 is 13.6 Å². The number of hydrogen-bond acceptors (Lipinski definition) is 3. The average Bonchev–Trinajstić information content (AvgIpc) is 2.56. The summed E-state index contributed by atoms with van der Waals surface area (Å²) in [7, 11) is 1.25. The third-order valence-corrected chi connectivity index (χ3v) is 4.91. The molecule has 1 aliphatic rings. The van der Waals surface area contributed by atoms with Gasteiger partial charge in [0.1, 0.15) is 26.6 Å². The van der Waals surface area contributed by atoms with E-state index in [1.807, 2.05) is 0 Å². The van der Waals surface area contributed by atoms with Crippen LogP contribution in [-0.2, 0) is 13.6 Å². The van der Waals surface area contributed by atoms with E-state index in [2.05, 4.69) is 20.8 Å². The molecule has 0 aromatic heterocycles. The van der Waals surface area contributed by atoms with Crippen molar-refractivity contribution in [3.8, 4) is 0 Å². The van der Waals surface area contributed by atoms with Gasteiger partial charge in [0.15, 0.2) is 6.29 Å². The van der Waals surface area contributed by atoms with E-state index in [-0.39, 0.29) is 11.5 Å². The molecule has 0 saturated heterocycles. The second-order valence-corrected chi connectivity index (χ2v) is 6.32. The standard InChI is InChI=1S/C10H22O3Si2/c1-9(2,3)7-4-5-10(6-11,13-15)8(7)12-14/h6-8H,4-5H2,1-3,14-15H3. The van der Waals surface area contributed by atoms with Crippen LogP contribution in [0.5, 0.6) is 0 Å². The van der Waals surface area contributed by atoms with Crippen molar-refractivity contribution in [1.82, 2.24) is 0 Å². The van der Waals surface area contributed by atoms with Gasteiger partial charge in [-0.1, -0.05) is 20.8 Å². The Labute approximate surface area is 98.0 Å². The summed E-state index contributed by atoms with van der Waals surface area (Å²) in [4.78, 5) is 11.2. The van der Waals surface area contributed by atoms with Crippen LogP contribution < -0.4 is 0 Å². The monoisotopic (exact) mass is 246 g/mol. The molecule has 3 unspecified atom stereocenters. The molecule has 88 valence electrons. The van der Waals surface area contributed by atoms with Crippen LogP contribution in [0.25, 0.3) is 0 Å². The number of carbonyl (C=O) groups is 1. The first-order valence-corrected chi connectivity index (χ1v) is 7.09. The fourth-order valence-corrected chi connectivity index (χ4v) is 3.92. The molecule has 5 heteroatoms. The first-order chi connectivity index (χ1) is 6.91. The fraction of sp³-hybridized carbons (Fsp3) is 0.900. The Morgan fingerprint density at radius 3 is 2.33 bits per heavy atom. The number of aldehydes is 1. The molecule has 15 heavy (non-hydrogen) atoms. The molecule has 0 aromatic carbocycles. The molecular weight excluding hydrogens is 224 g/mol. The van der Waals surface area contributed by atoms with Crippen LogP contribution in [0, 0.1) is 11.3 Å². The van der Waals surface area contributed by atoms with E-state index in [4.69, 9.17) is 8.85 Å². The van der Waals surface area contributed by atoms with E-state index in [1.165, 1.54) is 0 Å². The third kappa shape index (κ3) is 2.25. The van der Waals surface area contributed by atoms with E-state index in [1.54, 1.807) is 0 Å². The van der Waals surface area contributed by atoms with Gasteiger partial charge >= 0.3 is 0 Å². The van der Waals surface area contributed by atoms with E-state index >= 15 is 0 Å². The summed E-state index contributed by atoms with van der Waals surface area (Å²) in [6, 6.07) is 0. The summed E-state index contributed by atoms with van der Waals surface area (Å²) in [6.45, 7) is 6.62. The van der Waals surface area contributed by atoms with Gasteiger partial charge in [-0.15, -0.1) is 0 Å². The summed E-state index contributed by atoms with van der Waals surface area (Å²) in [5.74, 6) is 0.425. The maximum absolute atomic E-state index is 11.2. The zero-order valence-corrected chi connectivity index (χ0v) is 14.4. The zero-order chi connectivity index (χ0) is 11.7. The smallest absolute Gasteiger partial charge is 0.153 e. The zero-order valence-electron chi connectivity index (χ0n) is 10.4. The molecule has 1 saturated carbocycles. The normalized spacial score (nSPS) is 37.3. The van der Waals surface area contributed by atoms with Gasteiger partial charge in [-0.25, -0.2) is 0 Å². The molecule has 0 heterocycles. The Morgan fingerprint density at radius 2 is 2.00 bits per heavy atom. The van der Waals surface area contributed by atoms with Crippen molar-refractivity contribution in [3.63, 3.8) is 0 Å². The van der Waals surface area contributed by atoms with E-state index in [9.17, 15) is 4.79 Å². The summed E-state index contributed by atoms with van der Waals surface area (Å²) < 4.78 is 11.2. The summed E-state index contributed by atoms with van der Waals surface area (Å²) >= 11 is 0. The third-order valence-electron chi connectivity index (χ3n) is 3.64. The van der Waals surface area contributed by atoms with Crippen molar-refractivity contribution in [2.24, 2.45) is 11.3 Å². The Balaban J connectivity index is 2.96. The minimum Gasteiger partial charge on any atom is -0.421 e. The van der Waals surface area contributed by atoms with Gasteiger partial charge in [-0.3, -0.25) is 0 Å². The Kier molecular flexibility index (Phi) is 3.92. The molecule has 3 atom stereocenters.